The third kappa shape index (κ3) is 7.03. The zero-order chi connectivity index (χ0) is 14.9. The SMILES string of the molecule is CCCCCC(C)(C)CNC(=O)C(CC)C(N)=NO. The Morgan fingerprint density at radius 2 is 2.00 bits per heavy atom. The van der Waals surface area contributed by atoms with E-state index in [1.165, 1.54) is 19.3 Å². The monoisotopic (exact) mass is 271 g/mol. The number of amides is 1. The van der Waals surface area contributed by atoms with Crippen molar-refractivity contribution in [3.63, 3.8) is 0 Å². The average Bonchev–Trinajstić information content (AvgIpc) is 2.37. The summed E-state index contributed by atoms with van der Waals surface area (Å²) in [5.74, 6) is -0.735. The van der Waals surface area contributed by atoms with Crippen LogP contribution in [0.1, 0.15) is 59.8 Å². The number of carbonyl (C=O) groups excluding carboxylic acids is 1. The molecule has 0 fully saturated rings. The van der Waals surface area contributed by atoms with Crippen molar-refractivity contribution in [1.29, 1.82) is 0 Å². The Morgan fingerprint density at radius 1 is 1.37 bits per heavy atom. The van der Waals surface area contributed by atoms with Crippen LogP contribution in [0.4, 0.5) is 0 Å². The van der Waals surface area contributed by atoms with Gasteiger partial charge in [0, 0.05) is 6.54 Å². The Hall–Kier alpha value is -1.26. The summed E-state index contributed by atoms with van der Waals surface area (Å²) >= 11 is 0. The summed E-state index contributed by atoms with van der Waals surface area (Å²) in [5.41, 5.74) is 5.58. The van der Waals surface area contributed by atoms with Gasteiger partial charge in [0.25, 0.3) is 0 Å². The lowest BCUT2D eigenvalue weighted by Crippen LogP contribution is -2.42. The van der Waals surface area contributed by atoms with E-state index in [2.05, 4.69) is 31.2 Å². The lowest BCUT2D eigenvalue weighted by molar-refractivity contribution is -0.123. The van der Waals surface area contributed by atoms with Crippen molar-refractivity contribution in [2.75, 3.05) is 6.54 Å². The number of amidine groups is 1. The number of hydrogen-bond acceptors (Lipinski definition) is 3. The van der Waals surface area contributed by atoms with Crippen molar-refractivity contribution >= 4 is 11.7 Å². The van der Waals surface area contributed by atoms with E-state index in [0.717, 1.165) is 6.42 Å². The Bertz CT molecular complexity index is 301. The van der Waals surface area contributed by atoms with Gasteiger partial charge in [0.05, 0.1) is 5.92 Å². The second-order valence-corrected chi connectivity index (χ2v) is 5.82. The Kier molecular flexibility index (Phi) is 8.19. The lowest BCUT2D eigenvalue weighted by Gasteiger charge is -2.26. The lowest BCUT2D eigenvalue weighted by atomic mass is 9.86. The number of carbonyl (C=O) groups is 1. The number of unbranched alkanes of at least 4 members (excludes halogenated alkanes) is 2. The molecule has 5 nitrogen and oxygen atoms in total. The van der Waals surface area contributed by atoms with Gasteiger partial charge in [-0.3, -0.25) is 4.79 Å². The first kappa shape index (κ1) is 17.7. The summed E-state index contributed by atoms with van der Waals surface area (Å²) in [6, 6.07) is 0. The number of nitrogens with two attached hydrogens (primary N) is 1. The molecule has 1 atom stereocenters. The van der Waals surface area contributed by atoms with Gasteiger partial charge in [-0.05, 0) is 18.3 Å². The molecular weight excluding hydrogens is 242 g/mol. The summed E-state index contributed by atoms with van der Waals surface area (Å²) in [7, 11) is 0. The highest BCUT2D eigenvalue weighted by Crippen LogP contribution is 2.22. The van der Waals surface area contributed by atoms with Gasteiger partial charge in [0.15, 0.2) is 5.84 Å². The fourth-order valence-electron chi connectivity index (χ4n) is 1.99. The Balaban J connectivity index is 4.26. The van der Waals surface area contributed by atoms with Gasteiger partial charge in [-0.15, -0.1) is 0 Å². The topological polar surface area (TPSA) is 87.7 Å². The molecule has 0 aromatic rings. The molecule has 0 spiro atoms. The molecule has 0 radical (unpaired) electrons. The normalized spacial score (nSPS) is 14.2. The first-order valence-corrected chi connectivity index (χ1v) is 7.13. The smallest absolute Gasteiger partial charge is 0.230 e. The number of nitrogens with zero attached hydrogens (tertiary/aromatic N) is 1. The molecule has 0 aliphatic carbocycles. The predicted molar refractivity (Wildman–Crippen MR) is 78.1 cm³/mol. The molecule has 0 rings (SSSR count). The summed E-state index contributed by atoms with van der Waals surface area (Å²) in [6.07, 6.45) is 5.21. The molecule has 5 heteroatoms. The molecule has 0 saturated heterocycles. The van der Waals surface area contributed by atoms with E-state index in [0.29, 0.717) is 13.0 Å². The molecular formula is C14H29N3O2. The van der Waals surface area contributed by atoms with E-state index >= 15 is 0 Å². The van der Waals surface area contributed by atoms with Crippen molar-refractivity contribution in [2.24, 2.45) is 22.2 Å². The zero-order valence-corrected chi connectivity index (χ0v) is 12.7. The van der Waals surface area contributed by atoms with Crippen LogP contribution in [-0.4, -0.2) is 23.5 Å². The molecule has 1 amide bonds. The quantitative estimate of drug-likeness (QED) is 0.198. The van der Waals surface area contributed by atoms with Crippen LogP contribution in [-0.2, 0) is 4.79 Å². The van der Waals surface area contributed by atoms with Crippen LogP contribution in [0.5, 0.6) is 0 Å². The van der Waals surface area contributed by atoms with Crippen LogP contribution < -0.4 is 11.1 Å². The van der Waals surface area contributed by atoms with Crippen molar-refractivity contribution in [2.45, 2.75) is 59.8 Å². The largest absolute Gasteiger partial charge is 0.409 e. The molecule has 4 N–H and O–H groups in total. The van der Waals surface area contributed by atoms with Crippen LogP contribution >= 0.6 is 0 Å². The van der Waals surface area contributed by atoms with E-state index in [-0.39, 0.29) is 17.2 Å². The van der Waals surface area contributed by atoms with Crippen molar-refractivity contribution in [3.8, 4) is 0 Å². The van der Waals surface area contributed by atoms with Gasteiger partial charge in [-0.1, -0.05) is 52.1 Å². The van der Waals surface area contributed by atoms with E-state index < -0.39 is 5.92 Å². The maximum atomic E-state index is 12.0. The molecule has 0 aromatic heterocycles. The minimum absolute atomic E-state index is 0.0243. The first-order valence-electron chi connectivity index (χ1n) is 7.13. The molecule has 1 unspecified atom stereocenters. The number of rotatable bonds is 9. The van der Waals surface area contributed by atoms with Gasteiger partial charge in [-0.25, -0.2) is 0 Å². The van der Waals surface area contributed by atoms with Crippen LogP contribution in [0.25, 0.3) is 0 Å². The van der Waals surface area contributed by atoms with Crippen molar-refractivity contribution in [3.05, 3.63) is 0 Å². The van der Waals surface area contributed by atoms with Crippen LogP contribution in [0, 0.1) is 11.3 Å². The van der Waals surface area contributed by atoms with Gasteiger partial charge >= 0.3 is 0 Å². The minimum Gasteiger partial charge on any atom is -0.409 e. The fourth-order valence-corrected chi connectivity index (χ4v) is 1.99. The van der Waals surface area contributed by atoms with E-state index in [1.807, 2.05) is 6.92 Å². The Labute approximate surface area is 116 Å². The van der Waals surface area contributed by atoms with E-state index in [1.54, 1.807) is 0 Å². The van der Waals surface area contributed by atoms with Crippen LogP contribution in [0.3, 0.4) is 0 Å². The van der Waals surface area contributed by atoms with Gasteiger partial charge in [0.1, 0.15) is 0 Å². The molecule has 0 aliphatic heterocycles. The van der Waals surface area contributed by atoms with Crippen molar-refractivity contribution in [1.82, 2.24) is 5.32 Å². The van der Waals surface area contributed by atoms with Gasteiger partial charge < -0.3 is 16.3 Å². The molecule has 0 heterocycles. The average molecular weight is 271 g/mol. The second-order valence-electron chi connectivity index (χ2n) is 5.82. The summed E-state index contributed by atoms with van der Waals surface area (Å²) in [4.78, 5) is 12.0. The Morgan fingerprint density at radius 3 is 2.47 bits per heavy atom. The maximum Gasteiger partial charge on any atom is 0.230 e. The third-order valence-corrected chi connectivity index (χ3v) is 3.40. The molecule has 0 aromatic carbocycles. The number of hydrogen-bond donors (Lipinski definition) is 3. The summed E-state index contributed by atoms with van der Waals surface area (Å²) < 4.78 is 0. The number of nitrogens with one attached hydrogen (secondary N) is 1. The van der Waals surface area contributed by atoms with E-state index in [9.17, 15) is 4.79 Å². The highest BCUT2D eigenvalue weighted by molar-refractivity contribution is 6.01. The molecule has 0 aliphatic rings. The summed E-state index contributed by atoms with van der Waals surface area (Å²) in [5, 5.41) is 14.5. The first-order chi connectivity index (χ1) is 8.87. The molecule has 0 saturated carbocycles. The highest BCUT2D eigenvalue weighted by atomic mass is 16.4. The standard InChI is InChI=1S/C14H29N3O2/c1-5-7-8-9-14(3,4)10-16-13(18)11(6-2)12(15)17-19/h11,19H,5-10H2,1-4H3,(H2,15,17)(H,16,18). The second kappa shape index (κ2) is 8.77. The summed E-state index contributed by atoms with van der Waals surface area (Å²) in [6.45, 7) is 8.93. The minimum atomic E-state index is -0.545. The fraction of sp³-hybridized carbons (Fsp3) is 0.857. The third-order valence-electron chi connectivity index (χ3n) is 3.40. The number of oxime groups is 1. The highest BCUT2D eigenvalue weighted by Gasteiger charge is 2.24. The van der Waals surface area contributed by atoms with Crippen LogP contribution in [0.15, 0.2) is 5.16 Å². The van der Waals surface area contributed by atoms with E-state index in [4.69, 9.17) is 10.9 Å². The van der Waals surface area contributed by atoms with Crippen molar-refractivity contribution < 1.29 is 10.0 Å². The molecule has 19 heavy (non-hydrogen) atoms. The zero-order valence-electron chi connectivity index (χ0n) is 12.7. The van der Waals surface area contributed by atoms with Gasteiger partial charge in [0.2, 0.25) is 5.91 Å². The maximum absolute atomic E-state index is 12.0. The predicted octanol–water partition coefficient (Wildman–Crippen LogP) is 2.48. The van der Waals surface area contributed by atoms with Gasteiger partial charge in [-0.2, -0.15) is 0 Å². The molecule has 0 bridgehead atoms. The van der Waals surface area contributed by atoms with Crippen LogP contribution in [0.2, 0.25) is 0 Å². The molecule has 112 valence electrons.